The molecule has 1 saturated carbocycles. The van der Waals surface area contributed by atoms with E-state index >= 15 is 0 Å². The Bertz CT molecular complexity index is 759. The molecule has 26 heavy (non-hydrogen) atoms. The van der Waals surface area contributed by atoms with E-state index in [-0.39, 0.29) is 5.91 Å². The summed E-state index contributed by atoms with van der Waals surface area (Å²) in [6, 6.07) is 9.12. The fraction of sp³-hybridized carbons (Fsp3) is 0.400. The minimum absolute atomic E-state index is 0.135. The normalized spacial score (nSPS) is 13.2. The molecule has 138 valence electrons. The summed E-state index contributed by atoms with van der Waals surface area (Å²) in [5.41, 5.74) is 1.62. The van der Waals surface area contributed by atoms with Crippen LogP contribution in [-0.2, 0) is 6.42 Å². The summed E-state index contributed by atoms with van der Waals surface area (Å²) in [6.45, 7) is 1.20. The summed E-state index contributed by atoms with van der Waals surface area (Å²) < 4.78 is 16.2. The number of nitrogens with one attached hydrogen (secondary N) is 1. The van der Waals surface area contributed by atoms with Crippen LogP contribution in [0, 0.1) is 5.92 Å². The van der Waals surface area contributed by atoms with Gasteiger partial charge in [0.05, 0.1) is 20.8 Å². The van der Waals surface area contributed by atoms with Gasteiger partial charge in [-0.05, 0) is 48.9 Å². The number of aromatic nitrogens is 1. The Balaban J connectivity index is 1.51. The topological polar surface area (TPSA) is 69.7 Å². The number of hydrogen-bond acceptors (Lipinski definition) is 5. The largest absolute Gasteiger partial charge is 0.493 e. The molecular weight excluding hydrogens is 332 g/mol. The fourth-order valence-corrected chi connectivity index (χ4v) is 2.58. The van der Waals surface area contributed by atoms with Gasteiger partial charge in [-0.15, -0.1) is 0 Å². The van der Waals surface area contributed by atoms with Crippen LogP contribution < -0.4 is 19.5 Å². The number of hydrogen-bond donors (Lipinski definition) is 1. The Hall–Kier alpha value is -2.76. The van der Waals surface area contributed by atoms with Crippen LogP contribution in [0.5, 0.6) is 17.4 Å². The van der Waals surface area contributed by atoms with Crippen LogP contribution in [0.3, 0.4) is 0 Å². The summed E-state index contributed by atoms with van der Waals surface area (Å²) in [7, 11) is 3.21. The predicted molar refractivity (Wildman–Crippen MR) is 98.0 cm³/mol. The maximum absolute atomic E-state index is 12.3. The van der Waals surface area contributed by atoms with Crippen molar-refractivity contribution in [2.45, 2.75) is 19.3 Å². The standard InChI is InChI=1S/C20H24N2O4/c1-24-17-6-5-14(11-18(17)25-2)7-9-22-20(23)16-8-10-21-19(12-16)26-13-15-3-4-15/h5-6,8,10-12,15H,3-4,7,9,13H2,1-2H3,(H,22,23). The zero-order valence-electron chi connectivity index (χ0n) is 15.2. The highest BCUT2D eigenvalue weighted by Gasteiger charge is 2.22. The van der Waals surface area contributed by atoms with Crippen molar-refractivity contribution in [2.24, 2.45) is 5.92 Å². The lowest BCUT2D eigenvalue weighted by Gasteiger charge is -2.10. The molecule has 3 rings (SSSR count). The summed E-state index contributed by atoms with van der Waals surface area (Å²) >= 11 is 0. The van der Waals surface area contributed by atoms with E-state index in [9.17, 15) is 4.79 Å². The van der Waals surface area contributed by atoms with Gasteiger partial charge in [-0.25, -0.2) is 4.98 Å². The molecule has 1 N–H and O–H groups in total. The van der Waals surface area contributed by atoms with E-state index in [1.165, 1.54) is 12.8 Å². The third-order valence-electron chi connectivity index (χ3n) is 4.31. The van der Waals surface area contributed by atoms with E-state index < -0.39 is 0 Å². The van der Waals surface area contributed by atoms with Crippen LogP contribution in [0.4, 0.5) is 0 Å². The highest BCUT2D eigenvalue weighted by Crippen LogP contribution is 2.29. The molecule has 6 nitrogen and oxygen atoms in total. The molecule has 6 heteroatoms. The van der Waals surface area contributed by atoms with Gasteiger partial charge < -0.3 is 19.5 Å². The lowest BCUT2D eigenvalue weighted by atomic mass is 10.1. The number of amides is 1. The van der Waals surface area contributed by atoms with E-state index in [1.54, 1.807) is 32.5 Å². The maximum atomic E-state index is 12.3. The van der Waals surface area contributed by atoms with E-state index in [0.29, 0.717) is 48.4 Å². The molecule has 1 aliphatic rings. The molecule has 1 aliphatic carbocycles. The number of methoxy groups -OCH3 is 2. The lowest BCUT2D eigenvalue weighted by Crippen LogP contribution is -2.25. The van der Waals surface area contributed by atoms with Gasteiger partial charge in [0.15, 0.2) is 11.5 Å². The molecule has 0 radical (unpaired) electrons. The molecule has 0 unspecified atom stereocenters. The first-order valence-corrected chi connectivity index (χ1v) is 8.77. The number of pyridine rings is 1. The zero-order valence-corrected chi connectivity index (χ0v) is 15.2. The average molecular weight is 356 g/mol. The first kappa shape index (κ1) is 18.0. The Kier molecular flexibility index (Phi) is 5.94. The molecule has 0 aliphatic heterocycles. The summed E-state index contributed by atoms with van der Waals surface area (Å²) in [5.74, 6) is 2.39. The van der Waals surface area contributed by atoms with Gasteiger partial charge in [0.2, 0.25) is 5.88 Å². The van der Waals surface area contributed by atoms with Crippen LogP contribution in [0.15, 0.2) is 36.5 Å². The fourth-order valence-electron chi connectivity index (χ4n) is 2.58. The Morgan fingerprint density at radius 2 is 1.96 bits per heavy atom. The van der Waals surface area contributed by atoms with E-state index in [2.05, 4.69) is 10.3 Å². The van der Waals surface area contributed by atoms with Crippen molar-refractivity contribution in [1.82, 2.24) is 10.3 Å². The molecule has 1 heterocycles. The van der Waals surface area contributed by atoms with Crippen LogP contribution in [-0.4, -0.2) is 38.3 Å². The van der Waals surface area contributed by atoms with E-state index in [1.807, 2.05) is 18.2 Å². The Morgan fingerprint density at radius 1 is 1.15 bits per heavy atom. The van der Waals surface area contributed by atoms with Gasteiger partial charge in [-0.2, -0.15) is 0 Å². The van der Waals surface area contributed by atoms with Gasteiger partial charge in [0.1, 0.15) is 0 Å². The minimum atomic E-state index is -0.135. The van der Waals surface area contributed by atoms with Crippen molar-refractivity contribution >= 4 is 5.91 Å². The van der Waals surface area contributed by atoms with Crippen molar-refractivity contribution in [3.8, 4) is 17.4 Å². The number of rotatable bonds is 9. The van der Waals surface area contributed by atoms with Crippen molar-refractivity contribution in [3.05, 3.63) is 47.7 Å². The number of ether oxygens (including phenoxy) is 3. The van der Waals surface area contributed by atoms with Crippen molar-refractivity contribution in [3.63, 3.8) is 0 Å². The van der Waals surface area contributed by atoms with E-state index in [4.69, 9.17) is 14.2 Å². The lowest BCUT2D eigenvalue weighted by molar-refractivity contribution is 0.0953. The van der Waals surface area contributed by atoms with Crippen molar-refractivity contribution in [2.75, 3.05) is 27.4 Å². The molecular formula is C20H24N2O4. The molecule has 0 saturated heterocycles. The number of benzene rings is 1. The summed E-state index contributed by atoms with van der Waals surface area (Å²) in [5, 5.41) is 2.92. The van der Waals surface area contributed by atoms with Gasteiger partial charge in [0.25, 0.3) is 5.91 Å². The first-order chi connectivity index (χ1) is 12.7. The molecule has 0 bridgehead atoms. The SMILES string of the molecule is COc1ccc(CCNC(=O)c2ccnc(OCC3CC3)c2)cc1OC. The maximum Gasteiger partial charge on any atom is 0.251 e. The van der Waals surface area contributed by atoms with Crippen LogP contribution in [0.25, 0.3) is 0 Å². The van der Waals surface area contributed by atoms with E-state index in [0.717, 1.165) is 5.56 Å². The van der Waals surface area contributed by atoms with Gasteiger partial charge in [-0.1, -0.05) is 6.07 Å². The molecule has 1 aromatic carbocycles. The van der Waals surface area contributed by atoms with Gasteiger partial charge in [0, 0.05) is 24.4 Å². The third-order valence-corrected chi connectivity index (χ3v) is 4.31. The second-order valence-corrected chi connectivity index (χ2v) is 6.33. The molecule has 1 aromatic heterocycles. The highest BCUT2D eigenvalue weighted by atomic mass is 16.5. The number of carbonyl (C=O) groups is 1. The second-order valence-electron chi connectivity index (χ2n) is 6.33. The smallest absolute Gasteiger partial charge is 0.251 e. The quantitative estimate of drug-likeness (QED) is 0.748. The monoisotopic (exact) mass is 356 g/mol. The third kappa shape index (κ3) is 4.88. The molecule has 1 fully saturated rings. The number of nitrogens with zero attached hydrogens (tertiary/aromatic N) is 1. The van der Waals surface area contributed by atoms with Crippen molar-refractivity contribution < 1.29 is 19.0 Å². The zero-order chi connectivity index (χ0) is 18.4. The predicted octanol–water partition coefficient (Wildman–Crippen LogP) is 2.86. The molecule has 0 spiro atoms. The molecule has 2 aromatic rings. The first-order valence-electron chi connectivity index (χ1n) is 8.77. The van der Waals surface area contributed by atoms with Crippen LogP contribution in [0.1, 0.15) is 28.8 Å². The van der Waals surface area contributed by atoms with Gasteiger partial charge >= 0.3 is 0 Å². The summed E-state index contributed by atoms with van der Waals surface area (Å²) in [4.78, 5) is 16.5. The Morgan fingerprint density at radius 3 is 2.69 bits per heavy atom. The summed E-state index contributed by atoms with van der Waals surface area (Å²) in [6.07, 6.45) is 4.74. The Labute approximate surface area is 153 Å². The highest BCUT2D eigenvalue weighted by molar-refractivity contribution is 5.94. The second kappa shape index (κ2) is 8.56. The number of carbonyl (C=O) groups excluding carboxylic acids is 1. The van der Waals surface area contributed by atoms with Crippen LogP contribution in [0.2, 0.25) is 0 Å². The van der Waals surface area contributed by atoms with Crippen LogP contribution >= 0.6 is 0 Å². The van der Waals surface area contributed by atoms with Crippen molar-refractivity contribution in [1.29, 1.82) is 0 Å². The molecule has 1 amide bonds. The molecule has 0 atom stereocenters. The minimum Gasteiger partial charge on any atom is -0.493 e. The van der Waals surface area contributed by atoms with Gasteiger partial charge in [-0.3, -0.25) is 4.79 Å². The average Bonchev–Trinajstić information content (AvgIpc) is 3.51.